The molecule has 4 heteroatoms. The second-order valence-electron chi connectivity index (χ2n) is 20.5. The molecule has 0 aliphatic heterocycles. The number of fused-ring (bicyclic) bond motifs is 15. The Morgan fingerprint density at radius 1 is 0.329 bits per heavy atom. The smallest absolute Gasteiger partial charge is 0.0785 e. The molecule has 0 spiro atoms. The molecule has 2 aliphatic rings. The summed E-state index contributed by atoms with van der Waals surface area (Å²) < 4.78 is 7.48. The predicted octanol–water partition coefficient (Wildman–Crippen LogP) is 18.2. The van der Waals surface area contributed by atoms with Gasteiger partial charge in [-0.2, -0.15) is 0 Å². The number of aryl methyl sites for hydroxylation is 4. The first-order valence-electron chi connectivity index (χ1n) is 25.6. The maximum absolute atomic E-state index is 3.54. The Bertz CT molecular complexity index is 3910. The largest absolute Gasteiger partial charge is 0.339 e. The number of para-hydroxylation sites is 6. The number of rotatable bonds is 5. The van der Waals surface area contributed by atoms with E-state index in [-0.39, 0.29) is 5.41 Å². The Balaban J connectivity index is 0.000000139. The highest BCUT2D eigenvalue weighted by atomic mass is 79.9. The van der Waals surface area contributed by atoms with E-state index in [4.69, 9.17) is 0 Å². The maximum Gasteiger partial charge on any atom is 0.0785 e. The van der Waals surface area contributed by atoms with Gasteiger partial charge >= 0.3 is 0 Å². The van der Waals surface area contributed by atoms with Gasteiger partial charge in [0.15, 0.2) is 0 Å². The van der Waals surface area contributed by atoms with E-state index in [1.807, 2.05) is 0 Å². The highest BCUT2D eigenvalue weighted by Crippen LogP contribution is 2.53. The number of aromatic nitrogens is 3. The molecule has 0 amide bonds. The van der Waals surface area contributed by atoms with E-state index in [0.717, 1.165) is 25.0 Å². The Morgan fingerprint density at radius 3 is 0.918 bits per heavy atom. The van der Waals surface area contributed by atoms with Crippen molar-refractivity contribution in [2.24, 2.45) is 0 Å². The van der Waals surface area contributed by atoms with Crippen LogP contribution in [0.1, 0.15) is 44.5 Å². The van der Waals surface area contributed by atoms with E-state index in [9.17, 15) is 0 Å². The molecule has 10 aromatic carbocycles. The number of alkyl halides is 1. The van der Waals surface area contributed by atoms with Gasteiger partial charge in [0.2, 0.25) is 0 Å². The standard InChI is InChI=1S/C41H32N2.C15H14.C13H10BrN/c1-27-19-21-29-30-22-20-28(2)24-36(30)41(35(29)23-27,25-42-37-15-7-3-11-31(37)32-12-4-8-16-38(32)42)26-43-39-17-9-5-13-33(39)34-14-6-10-18-40(34)43;1-10-3-5-14-12(7-10)9-13-8-11(2)4-6-15(13)14;14-9-15-12-7-3-1-5-10(12)11-6-2-4-8-13(11)15/h3-24H,25-26H2,1-2H3;3-8H,9H2,1-2H3;1-8H,9H2. The summed E-state index contributed by atoms with van der Waals surface area (Å²) in [4.78, 5) is 0. The van der Waals surface area contributed by atoms with Gasteiger partial charge in [-0.05, 0) is 115 Å². The summed E-state index contributed by atoms with van der Waals surface area (Å²) >= 11 is 3.54. The average Bonchev–Trinajstić information content (AvgIpc) is 4.19. The van der Waals surface area contributed by atoms with Crippen molar-refractivity contribution in [2.75, 3.05) is 0 Å². The molecular weight excluding hydrogens is 951 g/mol. The summed E-state index contributed by atoms with van der Waals surface area (Å²) in [6, 6.07) is 80.5. The fraction of sp³-hybridized carbons (Fsp3) is 0.130. The third kappa shape index (κ3) is 7.45. The van der Waals surface area contributed by atoms with Crippen molar-refractivity contribution in [3.05, 3.63) is 263 Å². The molecule has 0 fully saturated rings. The number of benzene rings is 10. The van der Waals surface area contributed by atoms with Crippen molar-refractivity contribution in [3.8, 4) is 22.3 Å². The van der Waals surface area contributed by atoms with Gasteiger partial charge in [-0.25, -0.2) is 0 Å². The Kier molecular flexibility index (Phi) is 11.1. The van der Waals surface area contributed by atoms with Crippen LogP contribution in [0.2, 0.25) is 0 Å². The molecule has 3 heterocycles. The van der Waals surface area contributed by atoms with E-state index in [1.54, 1.807) is 0 Å². The molecule has 15 rings (SSSR count). The summed E-state index contributed by atoms with van der Waals surface area (Å²) in [5.41, 5.74) is 25.0. The zero-order chi connectivity index (χ0) is 49.4. The normalized spacial score (nSPS) is 12.9. The summed E-state index contributed by atoms with van der Waals surface area (Å²) in [6.07, 6.45) is 1.11. The highest BCUT2D eigenvalue weighted by molar-refractivity contribution is 9.08. The van der Waals surface area contributed by atoms with Crippen LogP contribution in [0.25, 0.3) is 87.7 Å². The molecule has 0 bridgehead atoms. The van der Waals surface area contributed by atoms with Gasteiger partial charge in [0.25, 0.3) is 0 Å². The molecular formula is C69H56BrN3. The van der Waals surface area contributed by atoms with Crippen LogP contribution in [0, 0.1) is 27.7 Å². The van der Waals surface area contributed by atoms with Crippen LogP contribution in [0.4, 0.5) is 0 Å². The Morgan fingerprint density at radius 2 is 0.603 bits per heavy atom. The summed E-state index contributed by atoms with van der Waals surface area (Å²) in [6.45, 7) is 10.5. The van der Waals surface area contributed by atoms with Crippen LogP contribution in [0.15, 0.2) is 218 Å². The number of nitrogens with zero attached hydrogens (tertiary/aromatic N) is 3. The average molecular weight is 1010 g/mol. The summed E-state index contributed by atoms with van der Waals surface area (Å²) in [5, 5.41) is 7.92. The fourth-order valence-corrected chi connectivity index (χ4v) is 13.1. The van der Waals surface area contributed by atoms with Gasteiger partial charge in [0.05, 0.1) is 10.9 Å². The minimum Gasteiger partial charge on any atom is -0.339 e. The molecule has 0 radical (unpaired) electrons. The van der Waals surface area contributed by atoms with E-state index >= 15 is 0 Å². The molecule has 3 aromatic heterocycles. The van der Waals surface area contributed by atoms with Gasteiger partial charge in [-0.15, -0.1) is 0 Å². The lowest BCUT2D eigenvalue weighted by Gasteiger charge is -2.35. The van der Waals surface area contributed by atoms with Crippen LogP contribution in [0.5, 0.6) is 0 Å². The zero-order valence-electron chi connectivity index (χ0n) is 41.8. The van der Waals surface area contributed by atoms with Crippen LogP contribution in [0.3, 0.4) is 0 Å². The van der Waals surface area contributed by atoms with Gasteiger partial charge < -0.3 is 13.7 Å². The first-order valence-corrected chi connectivity index (χ1v) is 26.8. The monoisotopic (exact) mass is 1010 g/mol. The Labute approximate surface area is 435 Å². The second-order valence-corrected chi connectivity index (χ2v) is 21.0. The van der Waals surface area contributed by atoms with Crippen LogP contribution < -0.4 is 0 Å². The molecule has 0 atom stereocenters. The lowest BCUT2D eigenvalue weighted by molar-refractivity contribution is 0.399. The number of halogens is 1. The molecule has 0 N–H and O–H groups in total. The highest BCUT2D eigenvalue weighted by Gasteiger charge is 2.45. The SMILES string of the molecule is BrCn1c2ccccc2c2ccccc21.Cc1ccc2c(c1)C(Cn1c3ccccc3c3ccccc31)(Cn1c3ccccc3c3ccccc31)c1cc(C)ccc1-2.Cc1ccc2c(c1)Cc1cc(C)ccc1-2. The Hall–Kier alpha value is -7.92. The van der Waals surface area contributed by atoms with Crippen molar-refractivity contribution in [3.63, 3.8) is 0 Å². The van der Waals surface area contributed by atoms with Gasteiger partial charge in [0.1, 0.15) is 0 Å². The van der Waals surface area contributed by atoms with Crippen molar-refractivity contribution in [2.45, 2.75) is 58.1 Å². The molecule has 354 valence electrons. The van der Waals surface area contributed by atoms with Gasteiger partial charge in [-0.1, -0.05) is 220 Å². The van der Waals surface area contributed by atoms with Gasteiger partial charge in [-0.3, -0.25) is 0 Å². The van der Waals surface area contributed by atoms with Crippen molar-refractivity contribution in [1.82, 2.24) is 13.7 Å². The quantitative estimate of drug-likeness (QED) is 0.153. The minimum absolute atomic E-state index is 0.294. The maximum atomic E-state index is 3.54. The summed E-state index contributed by atoms with van der Waals surface area (Å²) in [5.74, 6) is 0. The molecule has 0 saturated carbocycles. The van der Waals surface area contributed by atoms with Crippen LogP contribution in [-0.2, 0) is 30.4 Å². The van der Waals surface area contributed by atoms with E-state index in [0.29, 0.717) is 0 Å². The van der Waals surface area contributed by atoms with Crippen molar-refractivity contribution in [1.29, 1.82) is 0 Å². The van der Waals surface area contributed by atoms with E-state index in [1.165, 1.54) is 132 Å². The third-order valence-corrected chi connectivity index (χ3v) is 16.4. The third-order valence-electron chi connectivity index (χ3n) is 15.9. The topological polar surface area (TPSA) is 14.8 Å². The zero-order valence-corrected chi connectivity index (χ0v) is 43.4. The fourth-order valence-electron chi connectivity index (χ4n) is 12.6. The van der Waals surface area contributed by atoms with Gasteiger partial charge in [0, 0.05) is 78.5 Å². The molecule has 2 aliphatic carbocycles. The molecule has 13 aromatic rings. The predicted molar refractivity (Wildman–Crippen MR) is 314 cm³/mol. The minimum atomic E-state index is -0.294. The van der Waals surface area contributed by atoms with Crippen LogP contribution >= 0.6 is 15.9 Å². The van der Waals surface area contributed by atoms with E-state index in [2.05, 4.69) is 276 Å². The molecule has 0 saturated heterocycles. The lowest BCUT2D eigenvalue weighted by Crippen LogP contribution is -2.36. The number of hydrogen-bond acceptors (Lipinski definition) is 0. The molecule has 0 unspecified atom stereocenters. The van der Waals surface area contributed by atoms with Crippen molar-refractivity contribution >= 4 is 81.3 Å². The first kappa shape index (κ1) is 45.0. The van der Waals surface area contributed by atoms with Crippen molar-refractivity contribution < 1.29 is 0 Å². The van der Waals surface area contributed by atoms with E-state index < -0.39 is 0 Å². The second kappa shape index (κ2) is 18.0. The first-order chi connectivity index (χ1) is 35.8. The molecule has 3 nitrogen and oxygen atoms in total. The molecule has 73 heavy (non-hydrogen) atoms. The van der Waals surface area contributed by atoms with Crippen LogP contribution in [-0.4, -0.2) is 13.7 Å². The lowest BCUT2D eigenvalue weighted by atomic mass is 9.76. The number of hydrogen-bond donors (Lipinski definition) is 0. The summed E-state index contributed by atoms with van der Waals surface area (Å²) in [7, 11) is 0.